The van der Waals surface area contributed by atoms with Gasteiger partial charge in [0.1, 0.15) is 18.2 Å². The Kier molecular flexibility index (Phi) is 5.53. The molecule has 1 saturated heterocycles. The van der Waals surface area contributed by atoms with Crippen LogP contribution in [-0.4, -0.2) is 33.5 Å². The molecule has 146 valence electrons. The highest BCUT2D eigenvalue weighted by Crippen LogP contribution is 2.33. The van der Waals surface area contributed by atoms with Crippen LogP contribution in [0, 0.1) is 0 Å². The first kappa shape index (κ1) is 18.8. The van der Waals surface area contributed by atoms with Crippen LogP contribution in [0.5, 0.6) is 5.75 Å². The highest BCUT2D eigenvalue weighted by atomic mass is 35.5. The highest BCUT2D eigenvalue weighted by Gasteiger charge is 2.32. The number of halogens is 1. The number of imidazole rings is 1. The molecule has 1 amide bonds. The van der Waals surface area contributed by atoms with Crippen LogP contribution < -0.4 is 4.74 Å². The Balaban J connectivity index is 1.60. The summed E-state index contributed by atoms with van der Waals surface area (Å²) < 4.78 is 8.11. The molecule has 0 bridgehead atoms. The van der Waals surface area contributed by atoms with Crippen LogP contribution in [0.3, 0.4) is 0 Å². The van der Waals surface area contributed by atoms with E-state index >= 15 is 0 Å². The molecule has 0 spiro atoms. The first-order valence-electron chi connectivity index (χ1n) is 9.80. The van der Waals surface area contributed by atoms with E-state index in [-0.39, 0.29) is 11.9 Å². The van der Waals surface area contributed by atoms with E-state index in [0.29, 0.717) is 24.6 Å². The maximum absolute atomic E-state index is 12.4. The number of ether oxygens (including phenoxy) is 1. The molecule has 4 rings (SSSR count). The molecule has 0 N–H and O–H groups in total. The Morgan fingerprint density at radius 1 is 1.21 bits per heavy atom. The van der Waals surface area contributed by atoms with Crippen LogP contribution in [-0.2, 0) is 11.3 Å². The summed E-state index contributed by atoms with van der Waals surface area (Å²) in [5.74, 6) is 1.94. The second-order valence-corrected chi connectivity index (χ2v) is 7.45. The number of likely N-dealkylation sites (tertiary alicyclic amines) is 1. The van der Waals surface area contributed by atoms with Gasteiger partial charge in [0.05, 0.1) is 23.6 Å². The van der Waals surface area contributed by atoms with Crippen LogP contribution >= 0.6 is 11.6 Å². The molecule has 0 saturated carbocycles. The van der Waals surface area contributed by atoms with Crippen LogP contribution in [0.1, 0.15) is 38.1 Å². The smallest absolute Gasteiger partial charge is 0.222 e. The fourth-order valence-electron chi connectivity index (χ4n) is 3.91. The molecular weight excluding hydrogens is 374 g/mol. The summed E-state index contributed by atoms with van der Waals surface area (Å²) in [4.78, 5) is 19.3. The van der Waals surface area contributed by atoms with Crippen molar-refractivity contribution in [3.05, 3.63) is 59.4 Å². The Hall–Kier alpha value is -2.53. The average Bonchev–Trinajstić information content (AvgIpc) is 3.34. The summed E-state index contributed by atoms with van der Waals surface area (Å²) in [6, 6.07) is 15.5. The number of rotatable bonds is 6. The maximum Gasteiger partial charge on any atom is 0.222 e. The molecule has 0 radical (unpaired) electrons. The molecule has 1 aliphatic heterocycles. The number of benzene rings is 2. The Bertz CT molecular complexity index is 968. The van der Waals surface area contributed by atoms with Crippen molar-refractivity contribution in [1.29, 1.82) is 0 Å². The molecule has 3 aromatic rings. The lowest BCUT2D eigenvalue weighted by Gasteiger charge is -2.25. The summed E-state index contributed by atoms with van der Waals surface area (Å²) in [7, 11) is 0. The number of carbonyl (C=O) groups is 1. The first-order chi connectivity index (χ1) is 13.7. The van der Waals surface area contributed by atoms with Crippen molar-refractivity contribution in [3.63, 3.8) is 0 Å². The van der Waals surface area contributed by atoms with Crippen molar-refractivity contribution in [3.8, 4) is 5.75 Å². The molecule has 28 heavy (non-hydrogen) atoms. The zero-order valence-electron chi connectivity index (χ0n) is 16.0. The quantitative estimate of drug-likeness (QED) is 0.597. The van der Waals surface area contributed by atoms with E-state index in [1.54, 1.807) is 0 Å². The van der Waals surface area contributed by atoms with E-state index in [9.17, 15) is 4.79 Å². The third kappa shape index (κ3) is 3.72. The number of hydrogen-bond donors (Lipinski definition) is 0. The highest BCUT2D eigenvalue weighted by molar-refractivity contribution is 6.30. The lowest BCUT2D eigenvalue weighted by molar-refractivity contribution is -0.131. The summed E-state index contributed by atoms with van der Waals surface area (Å²) in [6.07, 6.45) is 2.49. The van der Waals surface area contributed by atoms with Gasteiger partial charge in [-0.2, -0.15) is 0 Å². The zero-order valence-corrected chi connectivity index (χ0v) is 16.7. The summed E-state index contributed by atoms with van der Waals surface area (Å²) >= 11 is 5.94. The van der Waals surface area contributed by atoms with Gasteiger partial charge in [0.25, 0.3) is 0 Å². The molecule has 6 heteroatoms. The van der Waals surface area contributed by atoms with E-state index in [0.717, 1.165) is 42.0 Å². The summed E-state index contributed by atoms with van der Waals surface area (Å²) in [5.41, 5.74) is 2.03. The Labute approximate surface area is 169 Å². The zero-order chi connectivity index (χ0) is 19.5. The van der Waals surface area contributed by atoms with Crippen molar-refractivity contribution >= 4 is 28.5 Å². The Morgan fingerprint density at radius 2 is 2.00 bits per heavy atom. The van der Waals surface area contributed by atoms with Gasteiger partial charge in [0.2, 0.25) is 5.91 Å². The van der Waals surface area contributed by atoms with E-state index < -0.39 is 0 Å². The van der Waals surface area contributed by atoms with Gasteiger partial charge in [-0.3, -0.25) is 4.79 Å². The molecule has 5 nitrogen and oxygen atoms in total. The third-order valence-electron chi connectivity index (χ3n) is 5.25. The van der Waals surface area contributed by atoms with E-state index in [4.69, 9.17) is 21.3 Å². The van der Waals surface area contributed by atoms with Crippen LogP contribution in [0.25, 0.3) is 11.0 Å². The molecule has 1 fully saturated rings. The minimum Gasteiger partial charge on any atom is -0.492 e. The second-order valence-electron chi connectivity index (χ2n) is 7.01. The molecular formula is C22H24ClN3O2. The SMILES string of the molecule is CCC(=O)N1CCCC1c1nc2ccccc2n1CCOc1ccc(Cl)cc1. The van der Waals surface area contributed by atoms with Crippen molar-refractivity contribution in [2.75, 3.05) is 13.2 Å². The minimum atomic E-state index is 0.0374. The van der Waals surface area contributed by atoms with Gasteiger partial charge in [-0.1, -0.05) is 30.7 Å². The topological polar surface area (TPSA) is 47.4 Å². The number of para-hydroxylation sites is 2. The van der Waals surface area contributed by atoms with Crippen molar-refractivity contribution in [2.24, 2.45) is 0 Å². The third-order valence-corrected chi connectivity index (χ3v) is 5.51. The lowest BCUT2D eigenvalue weighted by atomic mass is 10.2. The van der Waals surface area contributed by atoms with Gasteiger partial charge in [-0.25, -0.2) is 4.98 Å². The first-order valence-corrected chi connectivity index (χ1v) is 10.2. The molecule has 2 aromatic carbocycles. The van der Waals surface area contributed by atoms with Gasteiger partial charge in [0, 0.05) is 18.0 Å². The fourth-order valence-corrected chi connectivity index (χ4v) is 4.03. The van der Waals surface area contributed by atoms with E-state index in [1.165, 1.54) is 0 Å². The van der Waals surface area contributed by atoms with Crippen molar-refractivity contribution in [1.82, 2.24) is 14.5 Å². The molecule has 1 unspecified atom stereocenters. The second kappa shape index (κ2) is 8.23. The van der Waals surface area contributed by atoms with Crippen molar-refractivity contribution < 1.29 is 9.53 Å². The van der Waals surface area contributed by atoms with Gasteiger partial charge < -0.3 is 14.2 Å². The molecule has 0 aliphatic carbocycles. The number of hydrogen-bond acceptors (Lipinski definition) is 3. The maximum atomic E-state index is 12.4. The number of nitrogens with zero attached hydrogens (tertiary/aromatic N) is 3. The average molecular weight is 398 g/mol. The van der Waals surface area contributed by atoms with Gasteiger partial charge in [0.15, 0.2) is 0 Å². The molecule has 1 aromatic heterocycles. The fraction of sp³-hybridized carbons (Fsp3) is 0.364. The number of amides is 1. The Morgan fingerprint density at radius 3 is 2.79 bits per heavy atom. The molecule has 1 aliphatic rings. The van der Waals surface area contributed by atoms with Gasteiger partial charge in [-0.15, -0.1) is 0 Å². The molecule has 2 heterocycles. The monoisotopic (exact) mass is 397 g/mol. The van der Waals surface area contributed by atoms with Crippen molar-refractivity contribution in [2.45, 2.75) is 38.8 Å². The lowest BCUT2D eigenvalue weighted by Crippen LogP contribution is -2.31. The molecule has 1 atom stereocenters. The van der Waals surface area contributed by atoms with E-state index in [2.05, 4.69) is 10.6 Å². The summed E-state index contributed by atoms with van der Waals surface area (Å²) in [6.45, 7) is 3.91. The van der Waals surface area contributed by atoms with Crippen LogP contribution in [0.4, 0.5) is 0 Å². The largest absolute Gasteiger partial charge is 0.492 e. The summed E-state index contributed by atoms with van der Waals surface area (Å²) in [5, 5.41) is 0.692. The number of fused-ring (bicyclic) bond motifs is 1. The van der Waals surface area contributed by atoms with E-state index in [1.807, 2.05) is 54.3 Å². The normalized spacial score (nSPS) is 16.6. The standard InChI is InChI=1S/C22H24ClN3O2/c1-2-21(27)25-13-5-8-20(25)22-24-18-6-3-4-7-19(18)26(22)14-15-28-17-11-9-16(23)10-12-17/h3-4,6-7,9-12,20H,2,5,8,13-15H2,1H3. The van der Waals surface area contributed by atoms with Crippen LogP contribution in [0.15, 0.2) is 48.5 Å². The predicted molar refractivity (Wildman–Crippen MR) is 111 cm³/mol. The number of aromatic nitrogens is 2. The minimum absolute atomic E-state index is 0.0374. The number of carbonyl (C=O) groups excluding carboxylic acids is 1. The van der Waals surface area contributed by atoms with Crippen LogP contribution in [0.2, 0.25) is 5.02 Å². The predicted octanol–water partition coefficient (Wildman–Crippen LogP) is 4.84. The van der Waals surface area contributed by atoms with Gasteiger partial charge in [-0.05, 0) is 49.2 Å². The van der Waals surface area contributed by atoms with Gasteiger partial charge >= 0.3 is 0 Å².